The van der Waals surface area contributed by atoms with Crippen LogP contribution in [0.1, 0.15) is 6.92 Å². The number of likely N-dealkylation sites (N-methyl/N-ethyl adjacent to an activating group) is 1. The van der Waals surface area contributed by atoms with Gasteiger partial charge < -0.3 is 9.80 Å². The van der Waals surface area contributed by atoms with Gasteiger partial charge in [-0.15, -0.1) is 11.3 Å². The summed E-state index contributed by atoms with van der Waals surface area (Å²) in [4.78, 5) is 23.4. The van der Waals surface area contributed by atoms with Gasteiger partial charge in [0.05, 0.1) is 6.04 Å². The minimum atomic E-state index is -0.112. The van der Waals surface area contributed by atoms with Crippen LogP contribution >= 0.6 is 11.3 Å². The van der Waals surface area contributed by atoms with Gasteiger partial charge >= 0.3 is 0 Å². The van der Waals surface area contributed by atoms with Crippen molar-refractivity contribution in [3.8, 4) is 0 Å². The first kappa shape index (κ1) is 16.0. The van der Waals surface area contributed by atoms with E-state index >= 15 is 0 Å². The van der Waals surface area contributed by atoms with E-state index in [4.69, 9.17) is 0 Å². The highest BCUT2D eigenvalue weighted by atomic mass is 32.1. The number of amides is 1. The summed E-state index contributed by atoms with van der Waals surface area (Å²) in [6.07, 6.45) is 1.84. The quantitative estimate of drug-likeness (QED) is 0.862. The molecule has 1 amide bonds. The SMILES string of the molecule is CC(C(=O)N(C)c1ccccc1)N1CCN(c2nccs2)CC1. The molecule has 0 radical (unpaired) electrons. The molecule has 1 unspecified atom stereocenters. The Labute approximate surface area is 141 Å². The van der Waals surface area contributed by atoms with Gasteiger partial charge in [0.2, 0.25) is 5.91 Å². The van der Waals surface area contributed by atoms with Gasteiger partial charge in [0.1, 0.15) is 0 Å². The van der Waals surface area contributed by atoms with E-state index in [1.807, 2.05) is 55.9 Å². The Morgan fingerprint density at radius 2 is 1.91 bits per heavy atom. The first-order valence-corrected chi connectivity index (χ1v) is 8.76. The monoisotopic (exact) mass is 330 g/mol. The highest BCUT2D eigenvalue weighted by Crippen LogP contribution is 2.20. The van der Waals surface area contributed by atoms with Crippen LogP contribution in [-0.4, -0.2) is 55.1 Å². The second kappa shape index (κ2) is 7.10. The molecule has 1 saturated heterocycles. The predicted molar refractivity (Wildman–Crippen MR) is 95.2 cm³/mol. The summed E-state index contributed by atoms with van der Waals surface area (Å²) in [5.41, 5.74) is 0.936. The maximum Gasteiger partial charge on any atom is 0.243 e. The lowest BCUT2D eigenvalue weighted by Crippen LogP contribution is -2.54. The molecule has 122 valence electrons. The smallest absolute Gasteiger partial charge is 0.243 e. The Balaban J connectivity index is 1.58. The van der Waals surface area contributed by atoms with E-state index in [0.29, 0.717) is 0 Å². The Morgan fingerprint density at radius 1 is 1.22 bits per heavy atom. The van der Waals surface area contributed by atoms with E-state index in [1.54, 1.807) is 16.2 Å². The molecule has 1 fully saturated rings. The van der Waals surface area contributed by atoms with Gasteiger partial charge in [-0.1, -0.05) is 18.2 Å². The zero-order valence-corrected chi connectivity index (χ0v) is 14.4. The van der Waals surface area contributed by atoms with Gasteiger partial charge in [-0.05, 0) is 19.1 Å². The Kier molecular flexibility index (Phi) is 4.93. The number of hydrogen-bond acceptors (Lipinski definition) is 5. The molecule has 0 N–H and O–H groups in total. The first-order valence-electron chi connectivity index (χ1n) is 7.88. The molecule has 0 spiro atoms. The van der Waals surface area contributed by atoms with E-state index in [2.05, 4.69) is 14.8 Å². The van der Waals surface area contributed by atoms with Gasteiger partial charge in [-0.25, -0.2) is 4.98 Å². The topological polar surface area (TPSA) is 39.7 Å². The van der Waals surface area contributed by atoms with Gasteiger partial charge in [0.15, 0.2) is 5.13 Å². The number of benzene rings is 1. The molecule has 5 nitrogen and oxygen atoms in total. The number of hydrogen-bond donors (Lipinski definition) is 0. The van der Waals surface area contributed by atoms with E-state index in [0.717, 1.165) is 37.0 Å². The third kappa shape index (κ3) is 3.54. The largest absolute Gasteiger partial charge is 0.346 e. The molecule has 1 atom stereocenters. The number of carbonyl (C=O) groups excluding carboxylic acids is 1. The minimum Gasteiger partial charge on any atom is -0.346 e. The number of nitrogens with zero attached hydrogens (tertiary/aromatic N) is 4. The van der Waals surface area contributed by atoms with E-state index < -0.39 is 0 Å². The average molecular weight is 330 g/mol. The van der Waals surface area contributed by atoms with Crippen molar-refractivity contribution < 1.29 is 4.79 Å². The number of para-hydroxylation sites is 1. The number of thiazole rings is 1. The molecule has 0 saturated carbocycles. The van der Waals surface area contributed by atoms with E-state index in [1.165, 1.54) is 0 Å². The molecule has 1 aromatic carbocycles. The molecule has 1 aliphatic rings. The van der Waals surface area contributed by atoms with Crippen molar-refractivity contribution in [3.05, 3.63) is 41.9 Å². The standard InChI is InChI=1S/C17H22N4OS/c1-14(16(22)19(2)15-6-4-3-5-7-15)20-9-11-21(12-10-20)17-18-8-13-23-17/h3-8,13-14H,9-12H2,1-2H3. The van der Waals surface area contributed by atoms with Crippen molar-refractivity contribution in [2.75, 3.05) is 43.0 Å². The first-order chi connectivity index (χ1) is 11.2. The lowest BCUT2D eigenvalue weighted by Gasteiger charge is -2.38. The van der Waals surface area contributed by atoms with Gasteiger partial charge in [0.25, 0.3) is 0 Å². The highest BCUT2D eigenvalue weighted by Gasteiger charge is 2.28. The minimum absolute atomic E-state index is 0.112. The molecule has 23 heavy (non-hydrogen) atoms. The average Bonchev–Trinajstić information content (AvgIpc) is 3.15. The third-order valence-corrected chi connectivity index (χ3v) is 5.22. The zero-order valence-electron chi connectivity index (χ0n) is 13.6. The van der Waals surface area contributed by atoms with Crippen LogP contribution in [-0.2, 0) is 4.79 Å². The summed E-state index contributed by atoms with van der Waals surface area (Å²) in [6, 6.07) is 9.69. The summed E-state index contributed by atoms with van der Waals surface area (Å²) < 4.78 is 0. The van der Waals surface area contributed by atoms with E-state index in [-0.39, 0.29) is 11.9 Å². The summed E-state index contributed by atoms with van der Waals surface area (Å²) in [7, 11) is 1.85. The molecular formula is C17H22N4OS. The van der Waals surface area contributed by atoms with Crippen LogP contribution in [0.25, 0.3) is 0 Å². The van der Waals surface area contributed by atoms with Crippen molar-refractivity contribution in [2.45, 2.75) is 13.0 Å². The molecule has 3 rings (SSSR count). The normalized spacial score (nSPS) is 17.0. The second-order valence-corrected chi connectivity index (χ2v) is 6.62. The van der Waals surface area contributed by atoms with Crippen molar-refractivity contribution in [2.24, 2.45) is 0 Å². The second-order valence-electron chi connectivity index (χ2n) is 5.75. The van der Waals surface area contributed by atoms with Crippen molar-refractivity contribution in [1.29, 1.82) is 0 Å². The number of aromatic nitrogens is 1. The van der Waals surface area contributed by atoms with Gasteiger partial charge in [-0.2, -0.15) is 0 Å². The van der Waals surface area contributed by atoms with Crippen LogP contribution in [0.5, 0.6) is 0 Å². The molecular weight excluding hydrogens is 308 g/mol. The van der Waals surface area contributed by atoms with Crippen molar-refractivity contribution in [3.63, 3.8) is 0 Å². The number of carbonyl (C=O) groups is 1. The van der Waals surface area contributed by atoms with Crippen LogP contribution in [0, 0.1) is 0 Å². The molecule has 2 heterocycles. The summed E-state index contributed by atoms with van der Waals surface area (Å²) in [5, 5.41) is 3.08. The fraction of sp³-hybridized carbons (Fsp3) is 0.412. The summed E-state index contributed by atoms with van der Waals surface area (Å²) >= 11 is 1.67. The number of piperazine rings is 1. The third-order valence-electron chi connectivity index (χ3n) is 4.38. The Morgan fingerprint density at radius 3 is 2.52 bits per heavy atom. The molecule has 0 aliphatic carbocycles. The van der Waals surface area contributed by atoms with Crippen LogP contribution < -0.4 is 9.80 Å². The Hall–Kier alpha value is -1.92. The predicted octanol–water partition coefficient (Wildman–Crippen LogP) is 2.32. The molecule has 1 aliphatic heterocycles. The lowest BCUT2D eigenvalue weighted by molar-refractivity contribution is -0.123. The van der Waals surface area contributed by atoms with Crippen LogP contribution in [0.15, 0.2) is 41.9 Å². The van der Waals surface area contributed by atoms with Gasteiger partial charge in [0, 0.05) is 50.5 Å². The van der Waals surface area contributed by atoms with Crippen LogP contribution in [0.4, 0.5) is 10.8 Å². The summed E-state index contributed by atoms with van der Waals surface area (Å²) in [5.74, 6) is 0.138. The Bertz CT molecular complexity index is 623. The van der Waals surface area contributed by atoms with Crippen molar-refractivity contribution >= 4 is 28.1 Å². The molecule has 1 aromatic heterocycles. The molecule has 2 aromatic rings. The van der Waals surface area contributed by atoms with Crippen LogP contribution in [0.3, 0.4) is 0 Å². The number of rotatable bonds is 4. The molecule has 0 bridgehead atoms. The lowest BCUT2D eigenvalue weighted by atomic mass is 10.2. The van der Waals surface area contributed by atoms with Crippen LogP contribution in [0.2, 0.25) is 0 Å². The maximum absolute atomic E-state index is 12.7. The fourth-order valence-electron chi connectivity index (χ4n) is 2.89. The molecule has 6 heteroatoms. The fourth-order valence-corrected chi connectivity index (χ4v) is 3.58. The van der Waals surface area contributed by atoms with Crippen molar-refractivity contribution in [1.82, 2.24) is 9.88 Å². The highest BCUT2D eigenvalue weighted by molar-refractivity contribution is 7.13. The maximum atomic E-state index is 12.7. The van der Waals surface area contributed by atoms with E-state index in [9.17, 15) is 4.79 Å². The number of anilines is 2. The van der Waals surface area contributed by atoms with Gasteiger partial charge in [-0.3, -0.25) is 9.69 Å². The zero-order chi connectivity index (χ0) is 16.2. The summed E-state index contributed by atoms with van der Waals surface area (Å²) in [6.45, 7) is 5.60.